The number of carbonyl (C=O) groups is 1. The normalized spacial score (nSPS) is 19.4. The maximum atomic E-state index is 11.7. The molecule has 1 aliphatic rings. The summed E-state index contributed by atoms with van der Waals surface area (Å²) in [7, 11) is 1.65. The average molecular weight is 220 g/mol. The third-order valence-electron chi connectivity index (χ3n) is 2.90. The van der Waals surface area contributed by atoms with Crippen LogP contribution in [0.15, 0.2) is 24.3 Å². The van der Waals surface area contributed by atoms with Crippen LogP contribution in [0.3, 0.4) is 0 Å². The van der Waals surface area contributed by atoms with Crippen molar-refractivity contribution in [3.05, 3.63) is 29.8 Å². The molecule has 86 valence electrons. The number of fused-ring (bicyclic) bond motifs is 1. The van der Waals surface area contributed by atoms with Crippen molar-refractivity contribution in [2.75, 3.05) is 20.2 Å². The van der Waals surface area contributed by atoms with Gasteiger partial charge in [0, 0.05) is 12.6 Å². The van der Waals surface area contributed by atoms with Gasteiger partial charge in [0.25, 0.3) is 0 Å². The summed E-state index contributed by atoms with van der Waals surface area (Å²) in [5.74, 6) is 0.876. The number of nitrogens with one attached hydrogen (secondary N) is 1. The van der Waals surface area contributed by atoms with Gasteiger partial charge in [-0.15, -0.1) is 0 Å². The Labute approximate surface area is 95.2 Å². The van der Waals surface area contributed by atoms with E-state index in [9.17, 15) is 4.79 Å². The van der Waals surface area contributed by atoms with Gasteiger partial charge in [-0.3, -0.25) is 0 Å². The number of nitrogens with zero attached hydrogens (tertiary/aromatic N) is 1. The van der Waals surface area contributed by atoms with Crippen LogP contribution in [0.5, 0.6) is 5.75 Å². The van der Waals surface area contributed by atoms with Crippen LogP contribution >= 0.6 is 0 Å². The van der Waals surface area contributed by atoms with E-state index in [1.54, 1.807) is 11.9 Å². The van der Waals surface area contributed by atoms with E-state index in [1.165, 1.54) is 0 Å². The minimum Gasteiger partial charge on any atom is -0.491 e. The van der Waals surface area contributed by atoms with Gasteiger partial charge < -0.3 is 15.0 Å². The lowest BCUT2D eigenvalue weighted by atomic mass is 10.1. The average Bonchev–Trinajstić information content (AvgIpc) is 2.49. The molecule has 0 radical (unpaired) electrons. The van der Waals surface area contributed by atoms with Crippen LogP contribution < -0.4 is 10.1 Å². The van der Waals surface area contributed by atoms with E-state index in [1.807, 2.05) is 31.2 Å². The van der Waals surface area contributed by atoms with Crippen LogP contribution in [0, 0.1) is 0 Å². The van der Waals surface area contributed by atoms with Gasteiger partial charge in [-0.1, -0.05) is 18.2 Å². The van der Waals surface area contributed by atoms with E-state index in [2.05, 4.69) is 5.32 Å². The second-order valence-electron chi connectivity index (χ2n) is 3.81. The smallest absolute Gasteiger partial charge is 0.317 e. The summed E-state index contributed by atoms with van der Waals surface area (Å²) in [6.45, 7) is 3.16. The fourth-order valence-corrected chi connectivity index (χ4v) is 1.99. The number of ether oxygens (including phenoxy) is 1. The number of hydrogen-bond donors (Lipinski definition) is 1. The molecule has 0 spiro atoms. The first-order valence-corrected chi connectivity index (χ1v) is 5.44. The van der Waals surface area contributed by atoms with E-state index in [0.717, 1.165) is 11.3 Å². The van der Waals surface area contributed by atoms with Gasteiger partial charge in [-0.05, 0) is 13.0 Å². The third kappa shape index (κ3) is 1.83. The molecule has 0 aliphatic carbocycles. The molecule has 1 aromatic rings. The van der Waals surface area contributed by atoms with Crippen molar-refractivity contribution in [3.8, 4) is 5.75 Å². The predicted octanol–water partition coefficient (Wildman–Crippen LogP) is 1.78. The van der Waals surface area contributed by atoms with Crippen LogP contribution in [-0.4, -0.2) is 31.1 Å². The first kappa shape index (κ1) is 10.8. The molecule has 1 aromatic carbocycles. The topological polar surface area (TPSA) is 41.6 Å². The van der Waals surface area contributed by atoms with E-state index in [0.29, 0.717) is 13.2 Å². The van der Waals surface area contributed by atoms with E-state index in [-0.39, 0.29) is 12.1 Å². The summed E-state index contributed by atoms with van der Waals surface area (Å²) < 4.78 is 5.62. The highest BCUT2D eigenvalue weighted by molar-refractivity contribution is 5.74. The zero-order chi connectivity index (χ0) is 11.5. The molecule has 0 aromatic heterocycles. The molecule has 0 saturated heterocycles. The molecule has 4 heteroatoms. The quantitative estimate of drug-likeness (QED) is 0.724. The summed E-state index contributed by atoms with van der Waals surface area (Å²) in [4.78, 5) is 13.5. The number of carbonyl (C=O) groups excluding carboxylic acids is 1. The number of benzene rings is 1. The minimum absolute atomic E-state index is 0.0404. The van der Waals surface area contributed by atoms with Gasteiger partial charge in [0.05, 0.1) is 12.6 Å². The lowest BCUT2D eigenvalue weighted by Gasteiger charge is -2.26. The third-order valence-corrected chi connectivity index (χ3v) is 2.90. The molecule has 1 atom stereocenters. The molecule has 1 unspecified atom stereocenters. The molecule has 4 nitrogen and oxygen atoms in total. The van der Waals surface area contributed by atoms with Crippen molar-refractivity contribution in [2.24, 2.45) is 0 Å². The Morgan fingerprint density at radius 2 is 2.25 bits per heavy atom. The highest BCUT2D eigenvalue weighted by atomic mass is 16.5. The second-order valence-corrected chi connectivity index (χ2v) is 3.81. The van der Waals surface area contributed by atoms with Crippen molar-refractivity contribution in [3.63, 3.8) is 0 Å². The van der Waals surface area contributed by atoms with Crippen molar-refractivity contribution in [1.29, 1.82) is 0 Å². The predicted molar refractivity (Wildman–Crippen MR) is 61.5 cm³/mol. The van der Waals surface area contributed by atoms with E-state index < -0.39 is 0 Å². The number of urea groups is 1. The molecule has 2 rings (SSSR count). The summed E-state index contributed by atoms with van der Waals surface area (Å²) >= 11 is 0. The van der Waals surface area contributed by atoms with Crippen LogP contribution in [0.2, 0.25) is 0 Å². The summed E-state index contributed by atoms with van der Waals surface area (Å²) in [5.41, 5.74) is 1.06. The van der Waals surface area contributed by atoms with Crippen LogP contribution in [0.25, 0.3) is 0 Å². The number of hydrogen-bond acceptors (Lipinski definition) is 2. The number of rotatable bonds is 0. The lowest BCUT2D eigenvalue weighted by Crippen LogP contribution is -2.40. The number of amides is 2. The number of para-hydroxylation sites is 1. The van der Waals surface area contributed by atoms with Crippen LogP contribution in [-0.2, 0) is 0 Å². The molecule has 1 aliphatic heterocycles. The molecule has 2 amide bonds. The fraction of sp³-hybridized carbons (Fsp3) is 0.417. The molecule has 16 heavy (non-hydrogen) atoms. The Bertz CT molecular complexity index is 392. The Hall–Kier alpha value is -1.71. The van der Waals surface area contributed by atoms with Gasteiger partial charge in [-0.2, -0.15) is 0 Å². The summed E-state index contributed by atoms with van der Waals surface area (Å²) in [6.07, 6.45) is 0. The van der Waals surface area contributed by atoms with E-state index >= 15 is 0 Å². The van der Waals surface area contributed by atoms with Gasteiger partial charge in [0.15, 0.2) is 0 Å². The van der Waals surface area contributed by atoms with Gasteiger partial charge in [0.1, 0.15) is 12.4 Å². The largest absolute Gasteiger partial charge is 0.491 e. The van der Waals surface area contributed by atoms with E-state index in [4.69, 9.17) is 4.74 Å². The Morgan fingerprint density at radius 1 is 1.50 bits per heavy atom. The Kier molecular flexibility index (Phi) is 2.99. The summed E-state index contributed by atoms with van der Waals surface area (Å²) in [5, 5.41) is 2.66. The standard InChI is InChI=1S/C12H16N2O2/c1-9-10-5-3-4-6-11(10)16-8-7-14(9)12(15)13-2/h3-6,9H,7-8H2,1-2H3,(H,13,15). The van der Waals surface area contributed by atoms with Crippen LogP contribution in [0.1, 0.15) is 18.5 Å². The molecule has 0 fully saturated rings. The van der Waals surface area contributed by atoms with Crippen molar-refractivity contribution in [1.82, 2.24) is 10.2 Å². The zero-order valence-electron chi connectivity index (χ0n) is 9.56. The highest BCUT2D eigenvalue weighted by Gasteiger charge is 2.25. The molecule has 0 saturated carbocycles. The zero-order valence-corrected chi connectivity index (χ0v) is 9.56. The highest BCUT2D eigenvalue weighted by Crippen LogP contribution is 2.31. The van der Waals surface area contributed by atoms with Gasteiger partial charge in [-0.25, -0.2) is 4.79 Å². The molecule has 1 N–H and O–H groups in total. The maximum Gasteiger partial charge on any atom is 0.317 e. The SMILES string of the molecule is CNC(=O)N1CCOc2ccccc2C1C. The first-order chi connectivity index (χ1) is 7.74. The van der Waals surface area contributed by atoms with Crippen molar-refractivity contribution in [2.45, 2.75) is 13.0 Å². The fourth-order valence-electron chi connectivity index (χ4n) is 1.99. The maximum absolute atomic E-state index is 11.7. The van der Waals surface area contributed by atoms with Crippen LogP contribution in [0.4, 0.5) is 4.79 Å². The van der Waals surface area contributed by atoms with Gasteiger partial charge >= 0.3 is 6.03 Å². The van der Waals surface area contributed by atoms with Gasteiger partial charge in [0.2, 0.25) is 0 Å². The monoisotopic (exact) mass is 220 g/mol. The Morgan fingerprint density at radius 3 is 3.00 bits per heavy atom. The summed E-state index contributed by atoms with van der Waals surface area (Å²) in [6, 6.07) is 7.83. The molecular formula is C12H16N2O2. The van der Waals surface area contributed by atoms with Crippen molar-refractivity contribution >= 4 is 6.03 Å². The Balaban J connectivity index is 2.33. The molecule has 1 heterocycles. The molecule has 0 bridgehead atoms. The molecular weight excluding hydrogens is 204 g/mol. The second kappa shape index (κ2) is 4.43. The van der Waals surface area contributed by atoms with Crippen molar-refractivity contribution < 1.29 is 9.53 Å². The lowest BCUT2D eigenvalue weighted by molar-refractivity contribution is 0.175. The first-order valence-electron chi connectivity index (χ1n) is 5.44. The minimum atomic E-state index is -0.0622.